The molecule has 0 unspecified atom stereocenters. The van der Waals surface area contributed by atoms with E-state index in [0.29, 0.717) is 6.54 Å². The summed E-state index contributed by atoms with van der Waals surface area (Å²) in [5, 5.41) is 11.7. The van der Waals surface area contributed by atoms with E-state index in [1.807, 2.05) is 41.5 Å². The molecule has 4 N–H and O–H groups in total. The van der Waals surface area contributed by atoms with E-state index < -0.39 is 0 Å². The highest BCUT2D eigenvalue weighted by Crippen LogP contribution is 2.25. The minimum absolute atomic E-state index is 0.122. The van der Waals surface area contributed by atoms with Gasteiger partial charge in [0.25, 0.3) is 0 Å². The van der Waals surface area contributed by atoms with Crippen LogP contribution in [-0.4, -0.2) is 35.7 Å². The van der Waals surface area contributed by atoms with Crippen LogP contribution in [0.2, 0.25) is 0 Å². The number of carbonyl (C=O) groups is 2. The fourth-order valence-corrected chi connectivity index (χ4v) is 2.62. The molecule has 0 aromatic rings. The van der Waals surface area contributed by atoms with E-state index in [2.05, 4.69) is 21.3 Å². The summed E-state index contributed by atoms with van der Waals surface area (Å²) >= 11 is 0. The van der Waals surface area contributed by atoms with Gasteiger partial charge in [-0.15, -0.1) is 0 Å². The van der Waals surface area contributed by atoms with Crippen molar-refractivity contribution in [1.82, 2.24) is 21.3 Å². The van der Waals surface area contributed by atoms with Crippen LogP contribution in [0.1, 0.15) is 60.8 Å². The molecule has 1 aliphatic rings. The lowest BCUT2D eigenvalue weighted by molar-refractivity contribution is 0.222. The van der Waals surface area contributed by atoms with Crippen molar-refractivity contribution in [1.29, 1.82) is 0 Å². The Labute approximate surface area is 134 Å². The Hall–Kier alpha value is -1.46. The normalized spacial score (nSPS) is 22.1. The van der Waals surface area contributed by atoms with Crippen LogP contribution in [0.3, 0.4) is 0 Å². The van der Waals surface area contributed by atoms with Gasteiger partial charge in [0, 0.05) is 23.7 Å². The van der Waals surface area contributed by atoms with Crippen LogP contribution in [0, 0.1) is 5.92 Å². The Morgan fingerprint density at radius 3 is 2.00 bits per heavy atom. The van der Waals surface area contributed by atoms with Crippen molar-refractivity contribution in [3.05, 3.63) is 0 Å². The Morgan fingerprint density at radius 1 is 0.909 bits per heavy atom. The van der Waals surface area contributed by atoms with Gasteiger partial charge in [-0.2, -0.15) is 0 Å². The molecule has 6 nitrogen and oxygen atoms in total. The highest BCUT2D eigenvalue weighted by molar-refractivity contribution is 5.75. The third-order valence-electron chi connectivity index (χ3n) is 3.48. The highest BCUT2D eigenvalue weighted by atomic mass is 16.2. The number of hydrogen-bond donors (Lipinski definition) is 4. The first-order valence-corrected chi connectivity index (χ1v) is 8.11. The Bertz CT molecular complexity index is 396. The average Bonchev–Trinajstić information content (AvgIpc) is 2.68. The number of urea groups is 2. The lowest BCUT2D eigenvalue weighted by Crippen LogP contribution is -2.52. The van der Waals surface area contributed by atoms with E-state index in [1.165, 1.54) is 0 Å². The molecule has 0 heterocycles. The van der Waals surface area contributed by atoms with Crippen LogP contribution in [0.15, 0.2) is 0 Å². The minimum Gasteiger partial charge on any atom is -0.338 e. The van der Waals surface area contributed by atoms with Crippen LogP contribution in [0.5, 0.6) is 0 Å². The van der Waals surface area contributed by atoms with Crippen LogP contribution in [0.25, 0.3) is 0 Å². The van der Waals surface area contributed by atoms with Crippen molar-refractivity contribution in [2.45, 2.75) is 77.9 Å². The number of amides is 4. The molecule has 0 saturated heterocycles. The molecule has 2 atom stereocenters. The molecule has 6 heteroatoms. The second-order valence-electron chi connectivity index (χ2n) is 8.23. The molecule has 4 amide bonds. The molecule has 0 spiro atoms. The van der Waals surface area contributed by atoms with Crippen molar-refractivity contribution >= 4 is 12.1 Å². The first-order valence-electron chi connectivity index (χ1n) is 8.11. The molecule has 0 radical (unpaired) electrons. The van der Waals surface area contributed by atoms with Crippen molar-refractivity contribution in [3.63, 3.8) is 0 Å². The molecule has 128 valence electrons. The van der Waals surface area contributed by atoms with E-state index >= 15 is 0 Å². The molecule has 0 aromatic heterocycles. The number of nitrogens with one attached hydrogen (secondary N) is 4. The second kappa shape index (κ2) is 7.20. The minimum atomic E-state index is -0.247. The lowest BCUT2D eigenvalue weighted by Gasteiger charge is -2.26. The molecule has 1 saturated carbocycles. The molecular formula is C16H32N4O2. The topological polar surface area (TPSA) is 82.3 Å². The first kappa shape index (κ1) is 18.6. The van der Waals surface area contributed by atoms with Gasteiger partial charge in [0.2, 0.25) is 0 Å². The summed E-state index contributed by atoms with van der Waals surface area (Å²) in [7, 11) is 0. The zero-order valence-corrected chi connectivity index (χ0v) is 14.8. The molecule has 0 aromatic carbocycles. The molecule has 22 heavy (non-hydrogen) atoms. The fraction of sp³-hybridized carbons (Fsp3) is 0.875. The average molecular weight is 312 g/mol. The fourth-order valence-electron chi connectivity index (χ4n) is 2.62. The van der Waals surface area contributed by atoms with Crippen molar-refractivity contribution in [2.24, 2.45) is 5.92 Å². The third kappa shape index (κ3) is 7.52. The van der Waals surface area contributed by atoms with Crippen LogP contribution in [0.4, 0.5) is 9.59 Å². The summed E-state index contributed by atoms with van der Waals surface area (Å²) in [4.78, 5) is 23.8. The summed E-state index contributed by atoms with van der Waals surface area (Å²) in [6.07, 6.45) is 3.06. The number of rotatable bonds is 3. The summed E-state index contributed by atoms with van der Waals surface area (Å²) in [6, 6.07) is -0.168. The van der Waals surface area contributed by atoms with Crippen molar-refractivity contribution in [2.75, 3.05) is 6.54 Å². The van der Waals surface area contributed by atoms with Gasteiger partial charge in [-0.25, -0.2) is 9.59 Å². The van der Waals surface area contributed by atoms with E-state index in [0.717, 1.165) is 19.3 Å². The van der Waals surface area contributed by atoms with Gasteiger partial charge in [0.05, 0.1) is 0 Å². The second-order valence-corrected chi connectivity index (χ2v) is 8.23. The maximum atomic E-state index is 12.0. The van der Waals surface area contributed by atoms with Gasteiger partial charge >= 0.3 is 12.1 Å². The Balaban J connectivity index is 2.40. The van der Waals surface area contributed by atoms with Gasteiger partial charge in [-0.05, 0) is 60.3 Å². The van der Waals surface area contributed by atoms with Gasteiger partial charge < -0.3 is 21.3 Å². The standard InChI is InChI=1S/C16H32N4O2/c1-15(2,3)19-13(21)17-10-11-8-7-9-12(11)18-14(22)20-16(4,5)6/h11-12H,7-10H2,1-6H3,(H2,17,19,21)(H2,18,20,22)/t11-,12+/m0/s1. The molecule has 1 rings (SSSR count). The first-order chi connectivity index (χ1) is 9.96. The Kier molecular flexibility index (Phi) is 6.08. The predicted molar refractivity (Wildman–Crippen MR) is 88.8 cm³/mol. The Morgan fingerprint density at radius 2 is 1.45 bits per heavy atom. The SMILES string of the molecule is CC(C)(C)NC(=O)NC[C@@H]1CCC[C@H]1NC(=O)NC(C)(C)C. The van der Waals surface area contributed by atoms with Crippen LogP contribution >= 0.6 is 0 Å². The smallest absolute Gasteiger partial charge is 0.315 e. The van der Waals surface area contributed by atoms with Crippen molar-refractivity contribution < 1.29 is 9.59 Å². The summed E-state index contributed by atoms with van der Waals surface area (Å²) in [6.45, 7) is 12.3. The summed E-state index contributed by atoms with van der Waals surface area (Å²) in [5.41, 5.74) is -0.493. The number of carbonyl (C=O) groups excluding carboxylic acids is 2. The quantitative estimate of drug-likeness (QED) is 0.645. The van der Waals surface area contributed by atoms with Crippen LogP contribution in [-0.2, 0) is 0 Å². The van der Waals surface area contributed by atoms with E-state index in [1.54, 1.807) is 0 Å². The maximum absolute atomic E-state index is 12.0. The van der Waals surface area contributed by atoms with Gasteiger partial charge in [0.15, 0.2) is 0 Å². The molecule has 0 bridgehead atoms. The summed E-state index contributed by atoms with van der Waals surface area (Å²) in [5.74, 6) is 0.288. The van der Waals surface area contributed by atoms with Gasteiger partial charge in [-0.1, -0.05) is 6.42 Å². The monoisotopic (exact) mass is 312 g/mol. The predicted octanol–water partition coefficient (Wildman–Crippen LogP) is 2.35. The zero-order valence-electron chi connectivity index (χ0n) is 14.8. The maximum Gasteiger partial charge on any atom is 0.315 e. The zero-order chi connectivity index (χ0) is 17.0. The van der Waals surface area contributed by atoms with Crippen LogP contribution < -0.4 is 21.3 Å². The van der Waals surface area contributed by atoms with E-state index in [4.69, 9.17) is 0 Å². The lowest BCUT2D eigenvalue weighted by atomic mass is 10.0. The van der Waals surface area contributed by atoms with Gasteiger partial charge in [0.1, 0.15) is 0 Å². The molecule has 1 aliphatic carbocycles. The molecular weight excluding hydrogens is 280 g/mol. The van der Waals surface area contributed by atoms with E-state index in [-0.39, 0.29) is 35.1 Å². The third-order valence-corrected chi connectivity index (χ3v) is 3.48. The van der Waals surface area contributed by atoms with Crippen molar-refractivity contribution in [3.8, 4) is 0 Å². The van der Waals surface area contributed by atoms with E-state index in [9.17, 15) is 9.59 Å². The molecule has 0 aliphatic heterocycles. The highest BCUT2D eigenvalue weighted by Gasteiger charge is 2.29. The molecule has 1 fully saturated rings. The van der Waals surface area contributed by atoms with Gasteiger partial charge in [-0.3, -0.25) is 0 Å². The summed E-state index contributed by atoms with van der Waals surface area (Å²) < 4.78 is 0. The largest absolute Gasteiger partial charge is 0.338 e. The number of hydrogen-bond acceptors (Lipinski definition) is 2.